The Labute approximate surface area is 145 Å². The van der Waals surface area contributed by atoms with Crippen molar-refractivity contribution in [1.29, 1.82) is 0 Å². The van der Waals surface area contributed by atoms with E-state index in [0.717, 1.165) is 17.1 Å². The number of hydrogen-bond acceptors (Lipinski definition) is 5. The number of anilines is 3. The van der Waals surface area contributed by atoms with E-state index in [4.69, 9.17) is 16.7 Å². The number of rotatable bonds is 4. The van der Waals surface area contributed by atoms with Crippen molar-refractivity contribution in [3.8, 4) is 0 Å². The van der Waals surface area contributed by atoms with Crippen molar-refractivity contribution < 1.29 is 9.90 Å². The minimum atomic E-state index is -0.712. The van der Waals surface area contributed by atoms with Crippen LogP contribution in [0.2, 0.25) is 5.02 Å². The van der Waals surface area contributed by atoms with Gasteiger partial charge >= 0.3 is 5.97 Å². The molecule has 2 heterocycles. The van der Waals surface area contributed by atoms with Gasteiger partial charge < -0.3 is 15.3 Å². The average molecular weight is 347 g/mol. The maximum absolute atomic E-state index is 11.0. The lowest BCUT2D eigenvalue weighted by Crippen LogP contribution is -2.36. The molecule has 0 atom stereocenters. The summed E-state index contributed by atoms with van der Waals surface area (Å²) in [5.74, 6) is 0.521. The summed E-state index contributed by atoms with van der Waals surface area (Å²) < 4.78 is 0. The Bertz CT molecular complexity index is 745. The fourth-order valence-corrected chi connectivity index (χ4v) is 3.00. The van der Waals surface area contributed by atoms with Crippen LogP contribution in [0.4, 0.5) is 17.3 Å². The number of carboxylic acid groups (broad SMARTS) is 1. The van der Waals surface area contributed by atoms with E-state index < -0.39 is 5.97 Å². The molecule has 2 N–H and O–H groups in total. The number of halogens is 1. The topological polar surface area (TPSA) is 78.4 Å². The largest absolute Gasteiger partial charge is 0.481 e. The van der Waals surface area contributed by atoms with Gasteiger partial charge in [0.15, 0.2) is 0 Å². The first-order valence-corrected chi connectivity index (χ1v) is 8.24. The Morgan fingerprint density at radius 2 is 2.08 bits per heavy atom. The quantitative estimate of drug-likeness (QED) is 0.882. The zero-order chi connectivity index (χ0) is 17.1. The van der Waals surface area contributed by atoms with Gasteiger partial charge in [0.25, 0.3) is 0 Å². The molecule has 3 rings (SSSR count). The monoisotopic (exact) mass is 346 g/mol. The highest BCUT2D eigenvalue weighted by Gasteiger charge is 2.25. The smallest absolute Gasteiger partial charge is 0.306 e. The number of piperidine rings is 1. The molecule has 1 aliphatic rings. The van der Waals surface area contributed by atoms with Crippen molar-refractivity contribution in [2.75, 3.05) is 23.3 Å². The van der Waals surface area contributed by atoms with Gasteiger partial charge in [-0.05, 0) is 37.5 Å². The molecular weight excluding hydrogens is 328 g/mol. The van der Waals surface area contributed by atoms with Gasteiger partial charge in [-0.15, -0.1) is 0 Å². The average Bonchev–Trinajstić information content (AvgIpc) is 2.59. The molecule has 1 aromatic heterocycles. The second kappa shape index (κ2) is 7.05. The van der Waals surface area contributed by atoms with E-state index in [2.05, 4.69) is 20.2 Å². The van der Waals surface area contributed by atoms with Crippen LogP contribution in [0.25, 0.3) is 0 Å². The first-order chi connectivity index (χ1) is 11.5. The second-order valence-electron chi connectivity index (χ2n) is 5.90. The Morgan fingerprint density at radius 3 is 2.79 bits per heavy atom. The molecule has 0 amide bonds. The maximum atomic E-state index is 11.0. The Morgan fingerprint density at radius 1 is 1.33 bits per heavy atom. The van der Waals surface area contributed by atoms with Gasteiger partial charge in [-0.2, -0.15) is 0 Å². The number of carbonyl (C=O) groups is 1. The van der Waals surface area contributed by atoms with E-state index >= 15 is 0 Å². The van der Waals surface area contributed by atoms with Crippen LogP contribution in [0, 0.1) is 12.8 Å². The van der Waals surface area contributed by atoms with Crippen molar-refractivity contribution in [1.82, 2.24) is 9.97 Å². The summed E-state index contributed by atoms with van der Waals surface area (Å²) in [6.07, 6.45) is 2.78. The number of aliphatic carboxylic acids is 1. The summed E-state index contributed by atoms with van der Waals surface area (Å²) >= 11 is 6.14. The van der Waals surface area contributed by atoms with Crippen LogP contribution in [-0.4, -0.2) is 34.1 Å². The lowest BCUT2D eigenvalue weighted by molar-refractivity contribution is -0.142. The van der Waals surface area contributed by atoms with Crippen LogP contribution in [0.15, 0.2) is 30.6 Å². The fraction of sp³-hybridized carbons (Fsp3) is 0.353. The SMILES string of the molecule is Cc1c(Cl)cccc1Nc1cc(N2CCC(C(=O)O)CC2)ncn1. The molecule has 0 saturated carbocycles. The molecule has 1 fully saturated rings. The zero-order valence-electron chi connectivity index (χ0n) is 13.4. The van der Waals surface area contributed by atoms with Crippen molar-refractivity contribution in [2.24, 2.45) is 5.92 Å². The number of benzene rings is 1. The van der Waals surface area contributed by atoms with E-state index in [1.54, 1.807) is 0 Å². The fourth-order valence-electron chi connectivity index (χ4n) is 2.82. The molecule has 0 aliphatic carbocycles. The molecular formula is C17H19ClN4O2. The van der Waals surface area contributed by atoms with Crippen molar-refractivity contribution in [2.45, 2.75) is 19.8 Å². The molecule has 7 heteroatoms. The van der Waals surface area contributed by atoms with Crippen LogP contribution >= 0.6 is 11.6 Å². The van der Waals surface area contributed by atoms with Crippen molar-refractivity contribution in [3.63, 3.8) is 0 Å². The van der Waals surface area contributed by atoms with Crippen molar-refractivity contribution >= 4 is 34.9 Å². The molecule has 0 bridgehead atoms. The minimum Gasteiger partial charge on any atom is -0.481 e. The molecule has 0 unspecified atom stereocenters. The first kappa shape index (κ1) is 16.5. The van der Waals surface area contributed by atoms with E-state index in [1.807, 2.05) is 31.2 Å². The van der Waals surface area contributed by atoms with Crippen LogP contribution in [0.3, 0.4) is 0 Å². The molecule has 0 radical (unpaired) electrons. The predicted octanol–water partition coefficient (Wildman–Crippen LogP) is 3.48. The van der Waals surface area contributed by atoms with Crippen LogP contribution in [0.1, 0.15) is 18.4 Å². The summed E-state index contributed by atoms with van der Waals surface area (Å²) in [4.78, 5) is 21.7. The third kappa shape index (κ3) is 3.59. The van der Waals surface area contributed by atoms with Gasteiger partial charge in [-0.1, -0.05) is 17.7 Å². The molecule has 6 nitrogen and oxygen atoms in total. The van der Waals surface area contributed by atoms with Gasteiger partial charge in [0.1, 0.15) is 18.0 Å². The van der Waals surface area contributed by atoms with Gasteiger partial charge in [-0.25, -0.2) is 9.97 Å². The molecule has 2 aromatic rings. The van der Waals surface area contributed by atoms with Gasteiger partial charge in [0, 0.05) is 29.9 Å². The normalized spacial score (nSPS) is 15.3. The maximum Gasteiger partial charge on any atom is 0.306 e. The number of hydrogen-bond donors (Lipinski definition) is 2. The van der Waals surface area contributed by atoms with Crippen LogP contribution < -0.4 is 10.2 Å². The van der Waals surface area contributed by atoms with Gasteiger partial charge in [-0.3, -0.25) is 4.79 Å². The summed E-state index contributed by atoms with van der Waals surface area (Å²) in [6.45, 7) is 3.32. The van der Waals surface area contributed by atoms with Crippen LogP contribution in [-0.2, 0) is 4.79 Å². The molecule has 1 aliphatic heterocycles. The highest BCUT2D eigenvalue weighted by molar-refractivity contribution is 6.31. The summed E-state index contributed by atoms with van der Waals surface area (Å²) in [7, 11) is 0. The van der Waals surface area contributed by atoms with Gasteiger partial charge in [0.2, 0.25) is 0 Å². The molecule has 0 spiro atoms. The third-order valence-corrected chi connectivity index (χ3v) is 4.76. The summed E-state index contributed by atoms with van der Waals surface area (Å²) in [6, 6.07) is 7.55. The lowest BCUT2D eigenvalue weighted by atomic mass is 9.97. The molecule has 1 aromatic carbocycles. The van der Waals surface area contributed by atoms with Gasteiger partial charge in [0.05, 0.1) is 5.92 Å². The van der Waals surface area contributed by atoms with Crippen LogP contribution in [0.5, 0.6) is 0 Å². The minimum absolute atomic E-state index is 0.255. The van der Waals surface area contributed by atoms with Crippen molar-refractivity contribution in [3.05, 3.63) is 41.2 Å². The summed E-state index contributed by atoms with van der Waals surface area (Å²) in [5.41, 5.74) is 1.86. The van der Waals surface area contributed by atoms with E-state index in [9.17, 15) is 4.79 Å². The summed E-state index contributed by atoms with van der Waals surface area (Å²) in [5, 5.41) is 13.0. The molecule has 24 heavy (non-hydrogen) atoms. The molecule has 126 valence electrons. The number of nitrogens with one attached hydrogen (secondary N) is 1. The first-order valence-electron chi connectivity index (χ1n) is 7.86. The van der Waals surface area contributed by atoms with E-state index in [1.165, 1.54) is 6.33 Å². The Kier molecular flexibility index (Phi) is 4.85. The second-order valence-corrected chi connectivity index (χ2v) is 6.31. The standard InChI is InChI=1S/C17H19ClN4O2/c1-11-13(18)3-2-4-14(11)21-15-9-16(20-10-19-15)22-7-5-12(6-8-22)17(23)24/h2-4,9-10,12H,5-8H2,1H3,(H,23,24)(H,19,20,21). The number of nitrogens with zero attached hydrogens (tertiary/aromatic N) is 3. The van der Waals surface area contributed by atoms with E-state index in [0.29, 0.717) is 36.8 Å². The highest BCUT2D eigenvalue weighted by atomic mass is 35.5. The Balaban J connectivity index is 1.73. The lowest BCUT2D eigenvalue weighted by Gasteiger charge is -2.31. The predicted molar refractivity (Wildman–Crippen MR) is 94.1 cm³/mol. The van der Waals surface area contributed by atoms with E-state index in [-0.39, 0.29) is 5.92 Å². The number of carboxylic acids is 1. The zero-order valence-corrected chi connectivity index (χ0v) is 14.1. The number of aromatic nitrogens is 2. The third-order valence-electron chi connectivity index (χ3n) is 4.35. The molecule has 1 saturated heterocycles. The highest BCUT2D eigenvalue weighted by Crippen LogP contribution is 2.27. The Hall–Kier alpha value is -2.34.